The maximum absolute atomic E-state index is 13.5. The van der Waals surface area contributed by atoms with Crippen LogP contribution in [0.2, 0.25) is 0 Å². The number of carbonyl (C=O) groups is 1. The standard InChI is InChI=1S/C26H23FN2OS/c27-21-12-10-20(11-13-21)25(19-6-2-1-3-7-19)28-14-16-29(17-15-28)26(30)23-18-31-24-9-5-4-8-22(23)24/h1-13,18,25H,14-17H2/t25-/m0/s1. The fourth-order valence-electron chi connectivity index (χ4n) is 4.39. The lowest BCUT2D eigenvalue weighted by Crippen LogP contribution is -2.49. The molecule has 5 heteroatoms. The molecule has 3 aromatic carbocycles. The Hall–Kier alpha value is -3.02. The number of piperazine rings is 1. The molecule has 0 radical (unpaired) electrons. The van der Waals surface area contributed by atoms with Gasteiger partial charge in [0.05, 0.1) is 11.6 Å². The molecular weight excluding hydrogens is 407 g/mol. The fraction of sp³-hybridized carbons (Fsp3) is 0.192. The SMILES string of the molecule is O=C(c1csc2ccccc12)N1CCN([C@@H](c2ccccc2)c2ccc(F)cc2)CC1. The zero-order chi connectivity index (χ0) is 21.2. The molecule has 31 heavy (non-hydrogen) atoms. The second-order valence-electron chi connectivity index (χ2n) is 7.84. The van der Waals surface area contributed by atoms with Gasteiger partial charge in [-0.15, -0.1) is 11.3 Å². The molecule has 1 aromatic heterocycles. The van der Waals surface area contributed by atoms with Gasteiger partial charge in [-0.2, -0.15) is 0 Å². The molecule has 1 amide bonds. The summed E-state index contributed by atoms with van der Waals surface area (Å²) in [6.07, 6.45) is 0. The third-order valence-corrected chi connectivity index (χ3v) is 6.94. The molecule has 1 aliphatic rings. The first-order chi connectivity index (χ1) is 15.2. The van der Waals surface area contributed by atoms with E-state index in [1.807, 2.05) is 58.8 Å². The van der Waals surface area contributed by atoms with Crippen molar-refractivity contribution in [2.45, 2.75) is 6.04 Å². The van der Waals surface area contributed by atoms with E-state index in [1.54, 1.807) is 11.3 Å². The average Bonchev–Trinajstić information content (AvgIpc) is 3.25. The van der Waals surface area contributed by atoms with E-state index in [9.17, 15) is 9.18 Å². The highest BCUT2D eigenvalue weighted by Gasteiger charge is 2.29. The van der Waals surface area contributed by atoms with Gasteiger partial charge in [0, 0.05) is 41.6 Å². The highest BCUT2D eigenvalue weighted by molar-refractivity contribution is 7.17. The smallest absolute Gasteiger partial charge is 0.255 e. The Morgan fingerprint density at radius 1 is 0.806 bits per heavy atom. The lowest BCUT2D eigenvalue weighted by Gasteiger charge is -2.39. The van der Waals surface area contributed by atoms with Gasteiger partial charge in [-0.05, 0) is 29.3 Å². The van der Waals surface area contributed by atoms with E-state index in [0.29, 0.717) is 13.1 Å². The summed E-state index contributed by atoms with van der Waals surface area (Å²) in [4.78, 5) is 17.5. The summed E-state index contributed by atoms with van der Waals surface area (Å²) in [5, 5.41) is 3.01. The molecule has 2 heterocycles. The first kappa shape index (κ1) is 19.9. The minimum Gasteiger partial charge on any atom is -0.336 e. The third-order valence-electron chi connectivity index (χ3n) is 5.98. The summed E-state index contributed by atoms with van der Waals surface area (Å²) in [5.41, 5.74) is 3.04. The highest BCUT2D eigenvalue weighted by atomic mass is 32.1. The molecule has 0 saturated carbocycles. The predicted molar refractivity (Wildman–Crippen MR) is 124 cm³/mol. The number of nitrogens with zero attached hydrogens (tertiary/aromatic N) is 2. The molecule has 0 spiro atoms. The van der Waals surface area contributed by atoms with E-state index < -0.39 is 0 Å². The van der Waals surface area contributed by atoms with Crippen LogP contribution >= 0.6 is 11.3 Å². The van der Waals surface area contributed by atoms with Crippen LogP contribution in [0, 0.1) is 5.82 Å². The van der Waals surface area contributed by atoms with Crippen LogP contribution in [0.1, 0.15) is 27.5 Å². The summed E-state index contributed by atoms with van der Waals surface area (Å²) in [7, 11) is 0. The van der Waals surface area contributed by atoms with Gasteiger partial charge in [-0.25, -0.2) is 4.39 Å². The van der Waals surface area contributed by atoms with Crippen LogP contribution in [0.3, 0.4) is 0 Å². The molecular formula is C26H23FN2OS. The molecule has 0 aliphatic carbocycles. The van der Waals surface area contributed by atoms with Crippen LogP contribution in [0.15, 0.2) is 84.2 Å². The van der Waals surface area contributed by atoms with Crippen molar-refractivity contribution in [3.63, 3.8) is 0 Å². The quantitative estimate of drug-likeness (QED) is 0.421. The van der Waals surface area contributed by atoms with Gasteiger partial charge in [0.1, 0.15) is 5.82 Å². The van der Waals surface area contributed by atoms with E-state index in [2.05, 4.69) is 23.1 Å². The minimum absolute atomic E-state index is 0.0426. The normalized spacial score (nSPS) is 15.8. The van der Waals surface area contributed by atoms with Crippen LogP contribution in [0.4, 0.5) is 4.39 Å². The van der Waals surface area contributed by atoms with Crippen LogP contribution < -0.4 is 0 Å². The minimum atomic E-state index is -0.228. The molecule has 1 saturated heterocycles. The topological polar surface area (TPSA) is 23.6 Å². The number of rotatable bonds is 4. The van der Waals surface area contributed by atoms with Crippen molar-refractivity contribution in [2.24, 2.45) is 0 Å². The molecule has 1 atom stereocenters. The Balaban J connectivity index is 1.36. The Kier molecular flexibility index (Phi) is 5.53. The van der Waals surface area contributed by atoms with E-state index in [1.165, 1.54) is 17.7 Å². The van der Waals surface area contributed by atoms with Crippen LogP contribution in [0.25, 0.3) is 10.1 Å². The van der Waals surface area contributed by atoms with Crippen molar-refractivity contribution >= 4 is 27.3 Å². The number of halogens is 1. The molecule has 156 valence electrons. The first-order valence-corrected chi connectivity index (χ1v) is 11.4. The van der Waals surface area contributed by atoms with Crippen molar-refractivity contribution in [1.82, 2.24) is 9.80 Å². The van der Waals surface area contributed by atoms with Crippen molar-refractivity contribution in [3.8, 4) is 0 Å². The number of amides is 1. The number of benzene rings is 3. The highest BCUT2D eigenvalue weighted by Crippen LogP contribution is 2.31. The molecule has 1 fully saturated rings. The zero-order valence-corrected chi connectivity index (χ0v) is 17.9. The van der Waals surface area contributed by atoms with Crippen LogP contribution in [-0.4, -0.2) is 41.9 Å². The Labute approximate surface area is 185 Å². The summed E-state index contributed by atoms with van der Waals surface area (Å²) < 4.78 is 14.7. The predicted octanol–water partition coefficient (Wildman–Crippen LogP) is 5.59. The molecule has 0 bridgehead atoms. The van der Waals surface area contributed by atoms with E-state index in [-0.39, 0.29) is 17.8 Å². The largest absolute Gasteiger partial charge is 0.336 e. The molecule has 3 nitrogen and oxygen atoms in total. The average molecular weight is 431 g/mol. The molecule has 1 aliphatic heterocycles. The van der Waals surface area contributed by atoms with E-state index in [4.69, 9.17) is 0 Å². The summed E-state index contributed by atoms with van der Waals surface area (Å²) in [5.74, 6) is -0.121. The van der Waals surface area contributed by atoms with Gasteiger partial charge < -0.3 is 4.90 Å². The van der Waals surface area contributed by atoms with Gasteiger partial charge in [0.25, 0.3) is 5.91 Å². The lowest BCUT2D eigenvalue weighted by molar-refractivity contribution is 0.0599. The van der Waals surface area contributed by atoms with Gasteiger partial charge in [0.15, 0.2) is 0 Å². The Morgan fingerprint density at radius 3 is 2.19 bits per heavy atom. The molecule has 0 unspecified atom stereocenters. The van der Waals surface area contributed by atoms with Crippen molar-refractivity contribution in [3.05, 3.63) is 107 Å². The summed E-state index contributed by atoms with van der Waals surface area (Å²) in [6.45, 7) is 2.89. The summed E-state index contributed by atoms with van der Waals surface area (Å²) in [6, 6.07) is 25.2. The van der Waals surface area contributed by atoms with Gasteiger partial charge in [-0.3, -0.25) is 9.69 Å². The van der Waals surface area contributed by atoms with Crippen LogP contribution in [0.5, 0.6) is 0 Å². The second-order valence-corrected chi connectivity index (χ2v) is 8.75. The number of hydrogen-bond acceptors (Lipinski definition) is 3. The Bertz CT molecular complexity index is 1180. The van der Waals surface area contributed by atoms with Crippen molar-refractivity contribution in [2.75, 3.05) is 26.2 Å². The van der Waals surface area contributed by atoms with E-state index in [0.717, 1.165) is 34.3 Å². The maximum Gasteiger partial charge on any atom is 0.255 e. The van der Waals surface area contributed by atoms with Crippen molar-refractivity contribution in [1.29, 1.82) is 0 Å². The molecule has 5 rings (SSSR count). The molecule has 0 N–H and O–H groups in total. The fourth-order valence-corrected chi connectivity index (χ4v) is 5.33. The van der Waals surface area contributed by atoms with E-state index >= 15 is 0 Å². The van der Waals surface area contributed by atoms with Crippen LogP contribution in [-0.2, 0) is 0 Å². The monoisotopic (exact) mass is 430 g/mol. The lowest BCUT2D eigenvalue weighted by atomic mass is 9.96. The molecule has 4 aromatic rings. The number of fused-ring (bicyclic) bond motifs is 1. The van der Waals surface area contributed by atoms with Crippen molar-refractivity contribution < 1.29 is 9.18 Å². The maximum atomic E-state index is 13.5. The number of thiophene rings is 1. The summed E-state index contributed by atoms with van der Waals surface area (Å²) >= 11 is 1.62. The Morgan fingerprint density at radius 2 is 1.45 bits per heavy atom. The van der Waals surface area contributed by atoms with Gasteiger partial charge >= 0.3 is 0 Å². The second kappa shape index (κ2) is 8.61. The number of hydrogen-bond donors (Lipinski definition) is 0. The third kappa shape index (κ3) is 3.99. The number of carbonyl (C=O) groups excluding carboxylic acids is 1. The zero-order valence-electron chi connectivity index (χ0n) is 17.1. The first-order valence-electron chi connectivity index (χ1n) is 10.5. The van der Waals surface area contributed by atoms with Gasteiger partial charge in [0.2, 0.25) is 0 Å². The van der Waals surface area contributed by atoms with Gasteiger partial charge in [-0.1, -0.05) is 60.7 Å².